The fourth-order valence-corrected chi connectivity index (χ4v) is 0.229. The summed E-state index contributed by atoms with van der Waals surface area (Å²) >= 11 is 0. The fraction of sp³-hybridized carbons (Fsp3) is 0.750. The Kier molecular flexibility index (Phi) is 4.20. The van der Waals surface area contributed by atoms with Crippen LogP contribution in [0.2, 0.25) is 0 Å². The molecule has 0 aliphatic rings. The van der Waals surface area contributed by atoms with Gasteiger partial charge in [0, 0.05) is 0 Å². The zero-order valence-electron chi connectivity index (χ0n) is 4.53. The highest BCUT2D eigenvalue weighted by atomic mass is 16.8. The van der Waals surface area contributed by atoms with Crippen LogP contribution >= 0.6 is 0 Å². The van der Waals surface area contributed by atoms with Gasteiger partial charge < -0.3 is 14.6 Å². The van der Waals surface area contributed by atoms with Crippen LogP contribution in [-0.4, -0.2) is 24.7 Å². The average Bonchev–Trinajstić information content (AvgIpc) is 1.68. The molecule has 0 aromatic rings. The smallest absolute Gasteiger partial charge is 0.315 e. The van der Waals surface area contributed by atoms with E-state index < -0.39 is 6.48 Å². The number of aliphatic hydroxyl groups excluding tert-OH is 1. The van der Waals surface area contributed by atoms with Gasteiger partial charge in [-0.25, -0.2) is 0 Å². The minimum Gasteiger partial charge on any atom is -0.413 e. The molecule has 0 saturated heterocycles. The molecule has 0 amide bonds. The van der Waals surface area contributed by atoms with E-state index in [2.05, 4.69) is 9.47 Å². The Balaban J connectivity index is 3.03. The maximum absolute atomic E-state index is 9.43. The van der Waals surface area contributed by atoms with Crippen LogP contribution in [0.3, 0.4) is 0 Å². The Hall–Kier alpha value is -0.610. The van der Waals surface area contributed by atoms with Gasteiger partial charge in [-0.1, -0.05) is 0 Å². The number of carbonyl (C=O) groups excluding carboxylic acids is 1. The summed E-state index contributed by atoms with van der Waals surface area (Å²) in [5.74, 6) is 0. The van der Waals surface area contributed by atoms with Crippen LogP contribution in [0.15, 0.2) is 0 Å². The summed E-state index contributed by atoms with van der Waals surface area (Å²) in [5.41, 5.74) is 0. The zero-order valence-corrected chi connectivity index (χ0v) is 4.53. The van der Waals surface area contributed by atoms with Gasteiger partial charge in [-0.05, 0) is 6.92 Å². The Morgan fingerprint density at radius 3 is 2.88 bits per heavy atom. The van der Waals surface area contributed by atoms with Crippen LogP contribution in [0.5, 0.6) is 0 Å². The van der Waals surface area contributed by atoms with Crippen LogP contribution in [0.1, 0.15) is 6.92 Å². The highest BCUT2D eigenvalue weighted by Crippen LogP contribution is 1.83. The molecule has 0 radical (unpaired) electrons. The molecule has 0 saturated carbocycles. The highest BCUT2D eigenvalue weighted by molar-refractivity contribution is 5.36. The second-order valence-electron chi connectivity index (χ2n) is 0.995. The van der Waals surface area contributed by atoms with E-state index in [-0.39, 0.29) is 6.47 Å². The molecule has 48 valence electrons. The summed E-state index contributed by atoms with van der Waals surface area (Å²) in [6, 6.07) is 0. The molecule has 0 heterocycles. The van der Waals surface area contributed by atoms with Gasteiger partial charge in [0.1, 0.15) is 0 Å². The van der Waals surface area contributed by atoms with Crippen molar-refractivity contribution in [2.75, 3.05) is 6.61 Å². The van der Waals surface area contributed by atoms with E-state index in [0.717, 1.165) is 0 Å². The summed E-state index contributed by atoms with van der Waals surface area (Å²) in [6.07, 6.45) is 0. The number of hydrogen-bond donors (Lipinski definition) is 1. The van der Waals surface area contributed by atoms with Crippen LogP contribution in [-0.2, 0) is 14.3 Å². The molecular formula is C4H8O4. The van der Waals surface area contributed by atoms with Crippen LogP contribution < -0.4 is 0 Å². The van der Waals surface area contributed by atoms with Gasteiger partial charge in [0.25, 0.3) is 6.47 Å². The van der Waals surface area contributed by atoms with Crippen LogP contribution in [0.4, 0.5) is 0 Å². The van der Waals surface area contributed by atoms with Gasteiger partial charge in [-0.2, -0.15) is 0 Å². The normalized spacial score (nSPS) is 12.8. The second-order valence-corrected chi connectivity index (χ2v) is 0.995. The van der Waals surface area contributed by atoms with Gasteiger partial charge in [-0.3, -0.25) is 4.79 Å². The quantitative estimate of drug-likeness (QED) is 0.400. The van der Waals surface area contributed by atoms with Crippen molar-refractivity contribution in [3.63, 3.8) is 0 Å². The largest absolute Gasteiger partial charge is 0.413 e. The van der Waals surface area contributed by atoms with Gasteiger partial charge in [0.15, 0.2) is 0 Å². The van der Waals surface area contributed by atoms with Crippen molar-refractivity contribution in [1.29, 1.82) is 0 Å². The molecule has 0 aliphatic heterocycles. The first-order valence-corrected chi connectivity index (χ1v) is 2.20. The second kappa shape index (κ2) is 4.55. The summed E-state index contributed by atoms with van der Waals surface area (Å²) in [5, 5.41) is 8.37. The lowest BCUT2D eigenvalue weighted by Crippen LogP contribution is -2.14. The number of carbonyl (C=O) groups is 1. The van der Waals surface area contributed by atoms with E-state index in [1.807, 2.05) is 0 Å². The molecule has 0 aromatic heterocycles. The maximum atomic E-state index is 9.43. The lowest BCUT2D eigenvalue weighted by Gasteiger charge is -2.05. The fourth-order valence-electron chi connectivity index (χ4n) is 0.229. The van der Waals surface area contributed by atoms with E-state index in [1.165, 1.54) is 0 Å². The SMILES string of the molecule is CCOC(O)OC=O. The van der Waals surface area contributed by atoms with Crippen LogP contribution in [0.25, 0.3) is 0 Å². The van der Waals surface area contributed by atoms with E-state index >= 15 is 0 Å². The Bertz CT molecular complexity index is 63.1. The first-order valence-electron chi connectivity index (χ1n) is 2.20. The number of hydrogen-bond acceptors (Lipinski definition) is 4. The van der Waals surface area contributed by atoms with E-state index in [4.69, 9.17) is 5.11 Å². The number of rotatable bonds is 4. The third-order valence-corrected chi connectivity index (χ3v) is 0.481. The van der Waals surface area contributed by atoms with Gasteiger partial charge in [0.05, 0.1) is 6.61 Å². The van der Waals surface area contributed by atoms with Gasteiger partial charge in [0.2, 0.25) is 0 Å². The highest BCUT2D eigenvalue weighted by Gasteiger charge is 1.97. The van der Waals surface area contributed by atoms with Crippen molar-refractivity contribution in [2.24, 2.45) is 0 Å². The number of aliphatic hydroxyl groups is 1. The predicted octanol–water partition coefficient (Wildman–Crippen LogP) is -0.528. The molecule has 0 spiro atoms. The lowest BCUT2D eigenvalue weighted by atomic mass is 10.9. The minimum atomic E-state index is -1.41. The van der Waals surface area contributed by atoms with Gasteiger partial charge in [-0.15, -0.1) is 0 Å². The standard InChI is InChI=1S/C4H8O4/c1-2-7-4(6)8-3-5/h3-4,6H,2H2,1H3. The van der Waals surface area contributed by atoms with Crippen LogP contribution in [0, 0.1) is 0 Å². The summed E-state index contributed by atoms with van der Waals surface area (Å²) in [4.78, 5) is 9.43. The maximum Gasteiger partial charge on any atom is 0.315 e. The summed E-state index contributed by atoms with van der Waals surface area (Å²) in [6.45, 7) is 0.713. The Morgan fingerprint density at radius 1 is 1.88 bits per heavy atom. The number of ether oxygens (including phenoxy) is 2. The summed E-state index contributed by atoms with van der Waals surface area (Å²) < 4.78 is 8.32. The molecule has 1 atom stereocenters. The van der Waals surface area contributed by atoms with E-state index in [0.29, 0.717) is 6.61 Å². The molecule has 0 aromatic carbocycles. The molecule has 0 bridgehead atoms. The van der Waals surface area contributed by atoms with E-state index in [9.17, 15) is 4.79 Å². The molecule has 4 nitrogen and oxygen atoms in total. The first-order chi connectivity index (χ1) is 3.81. The van der Waals surface area contributed by atoms with Crippen molar-refractivity contribution < 1.29 is 19.4 Å². The minimum absolute atomic E-state index is 0.125. The molecule has 1 unspecified atom stereocenters. The monoisotopic (exact) mass is 120 g/mol. The van der Waals surface area contributed by atoms with Crippen molar-refractivity contribution in [2.45, 2.75) is 13.4 Å². The third kappa shape index (κ3) is 3.58. The molecule has 4 heteroatoms. The Morgan fingerprint density at radius 2 is 2.50 bits per heavy atom. The predicted molar refractivity (Wildman–Crippen MR) is 24.8 cm³/mol. The molecule has 0 rings (SSSR count). The van der Waals surface area contributed by atoms with E-state index in [1.54, 1.807) is 6.92 Å². The van der Waals surface area contributed by atoms with Crippen molar-refractivity contribution in [3.8, 4) is 0 Å². The van der Waals surface area contributed by atoms with Crippen molar-refractivity contribution in [3.05, 3.63) is 0 Å². The average molecular weight is 120 g/mol. The zero-order chi connectivity index (χ0) is 6.41. The van der Waals surface area contributed by atoms with Gasteiger partial charge >= 0.3 is 6.48 Å². The Labute approximate surface area is 47.0 Å². The molecular weight excluding hydrogens is 112 g/mol. The summed E-state index contributed by atoms with van der Waals surface area (Å²) in [7, 11) is 0. The lowest BCUT2D eigenvalue weighted by molar-refractivity contribution is -0.242. The molecule has 0 fully saturated rings. The topological polar surface area (TPSA) is 55.8 Å². The first kappa shape index (κ1) is 7.39. The molecule has 0 aliphatic carbocycles. The third-order valence-electron chi connectivity index (χ3n) is 0.481. The molecule has 1 N–H and O–H groups in total. The van der Waals surface area contributed by atoms with Crippen molar-refractivity contribution >= 4 is 6.47 Å². The molecule has 8 heavy (non-hydrogen) atoms. The van der Waals surface area contributed by atoms with Crippen molar-refractivity contribution in [1.82, 2.24) is 0 Å².